The fraction of sp³-hybridized carbons (Fsp3) is 0.769. The minimum atomic E-state index is -0.0498. The molecule has 2 unspecified atom stereocenters. The highest BCUT2D eigenvalue weighted by atomic mass is 16.8. The average Bonchev–Trinajstić information content (AvgIpc) is 2.85. The zero-order chi connectivity index (χ0) is 12.4. The molecule has 2 atom stereocenters. The number of hydrogen-bond acceptors (Lipinski definition) is 4. The maximum Gasteiger partial charge on any atom is 0.189 e. The van der Waals surface area contributed by atoms with E-state index in [9.17, 15) is 0 Å². The number of rotatable bonds is 6. The van der Waals surface area contributed by atoms with E-state index in [1.807, 2.05) is 17.8 Å². The number of aromatic nitrogens is 2. The van der Waals surface area contributed by atoms with Gasteiger partial charge in [0.2, 0.25) is 0 Å². The first-order valence-electron chi connectivity index (χ1n) is 6.88. The third-order valence-corrected chi connectivity index (χ3v) is 3.61. The second-order valence-electron chi connectivity index (χ2n) is 4.97. The van der Waals surface area contributed by atoms with Gasteiger partial charge in [-0.3, -0.25) is 4.68 Å². The standard InChI is InChI=1S/C13H21N3O2/c1-2-17-13-12(18-13)11-9-14-16(10-11)8-7-15-5-3-4-6-15/h9-10,12-13H,2-8H2,1H3. The molecule has 0 spiro atoms. The average molecular weight is 251 g/mol. The molecule has 2 aliphatic heterocycles. The van der Waals surface area contributed by atoms with Crippen LogP contribution in [0.1, 0.15) is 31.4 Å². The van der Waals surface area contributed by atoms with Gasteiger partial charge in [-0.25, -0.2) is 0 Å². The van der Waals surface area contributed by atoms with Crippen molar-refractivity contribution in [3.8, 4) is 0 Å². The van der Waals surface area contributed by atoms with Crippen LogP contribution in [-0.2, 0) is 16.0 Å². The van der Waals surface area contributed by atoms with Crippen molar-refractivity contribution in [3.63, 3.8) is 0 Å². The van der Waals surface area contributed by atoms with Gasteiger partial charge in [0.05, 0.1) is 12.7 Å². The first kappa shape index (κ1) is 12.1. The SMILES string of the molecule is CCOC1OC1c1cnn(CCN2CCCC2)c1. The van der Waals surface area contributed by atoms with E-state index >= 15 is 0 Å². The first-order chi connectivity index (χ1) is 8.86. The van der Waals surface area contributed by atoms with E-state index in [0.717, 1.165) is 18.7 Å². The van der Waals surface area contributed by atoms with Crippen LogP contribution in [0.4, 0.5) is 0 Å². The van der Waals surface area contributed by atoms with Gasteiger partial charge in [-0.2, -0.15) is 5.10 Å². The van der Waals surface area contributed by atoms with E-state index in [2.05, 4.69) is 16.2 Å². The van der Waals surface area contributed by atoms with Crippen molar-refractivity contribution < 1.29 is 9.47 Å². The Kier molecular flexibility index (Phi) is 3.63. The second kappa shape index (κ2) is 5.38. The molecule has 5 heteroatoms. The van der Waals surface area contributed by atoms with Crippen molar-refractivity contribution in [3.05, 3.63) is 18.0 Å². The molecule has 2 aliphatic rings. The van der Waals surface area contributed by atoms with Crippen molar-refractivity contribution in [1.29, 1.82) is 0 Å². The summed E-state index contributed by atoms with van der Waals surface area (Å²) in [6.07, 6.45) is 6.72. The van der Waals surface area contributed by atoms with Crippen LogP contribution in [0.3, 0.4) is 0 Å². The fourth-order valence-electron chi connectivity index (χ4n) is 2.52. The molecule has 0 radical (unpaired) electrons. The predicted octanol–water partition coefficient (Wildman–Crippen LogP) is 1.41. The summed E-state index contributed by atoms with van der Waals surface area (Å²) in [5, 5.41) is 4.39. The lowest BCUT2D eigenvalue weighted by atomic mass is 10.3. The van der Waals surface area contributed by atoms with E-state index in [0.29, 0.717) is 6.61 Å². The highest BCUT2D eigenvalue weighted by molar-refractivity contribution is 5.13. The van der Waals surface area contributed by atoms with Gasteiger partial charge in [0.15, 0.2) is 6.29 Å². The van der Waals surface area contributed by atoms with Gasteiger partial charge in [-0.1, -0.05) is 0 Å². The van der Waals surface area contributed by atoms with Crippen LogP contribution >= 0.6 is 0 Å². The lowest BCUT2D eigenvalue weighted by Gasteiger charge is -2.13. The molecule has 1 aromatic heterocycles. The topological polar surface area (TPSA) is 42.8 Å². The third-order valence-electron chi connectivity index (χ3n) is 3.61. The van der Waals surface area contributed by atoms with Crippen molar-refractivity contribution in [2.24, 2.45) is 0 Å². The van der Waals surface area contributed by atoms with Crippen LogP contribution in [0, 0.1) is 0 Å². The van der Waals surface area contributed by atoms with Gasteiger partial charge in [0.25, 0.3) is 0 Å². The van der Waals surface area contributed by atoms with E-state index in [-0.39, 0.29) is 12.4 Å². The Bertz CT molecular complexity index is 387. The zero-order valence-electron chi connectivity index (χ0n) is 10.9. The highest BCUT2D eigenvalue weighted by Gasteiger charge is 2.41. The maximum atomic E-state index is 5.45. The normalized spacial score (nSPS) is 27.8. The summed E-state index contributed by atoms with van der Waals surface area (Å²) in [4.78, 5) is 2.50. The molecule has 18 heavy (non-hydrogen) atoms. The Morgan fingerprint density at radius 1 is 1.39 bits per heavy atom. The van der Waals surface area contributed by atoms with Crippen molar-refractivity contribution >= 4 is 0 Å². The summed E-state index contributed by atoms with van der Waals surface area (Å²) >= 11 is 0. The lowest BCUT2D eigenvalue weighted by Crippen LogP contribution is -2.24. The minimum Gasteiger partial charge on any atom is -0.350 e. The molecule has 0 amide bonds. The molecule has 0 aromatic carbocycles. The summed E-state index contributed by atoms with van der Waals surface area (Å²) < 4.78 is 12.9. The van der Waals surface area contributed by atoms with Gasteiger partial charge in [-0.15, -0.1) is 0 Å². The molecule has 5 nitrogen and oxygen atoms in total. The molecular formula is C13H21N3O2. The zero-order valence-corrected chi connectivity index (χ0v) is 10.9. The van der Waals surface area contributed by atoms with Crippen LogP contribution in [-0.4, -0.2) is 47.2 Å². The highest BCUT2D eigenvalue weighted by Crippen LogP contribution is 2.38. The summed E-state index contributed by atoms with van der Waals surface area (Å²) in [6, 6.07) is 0. The molecule has 0 N–H and O–H groups in total. The molecule has 0 aliphatic carbocycles. The minimum absolute atomic E-state index is 0.0498. The number of nitrogens with zero attached hydrogens (tertiary/aromatic N) is 3. The molecule has 3 heterocycles. The largest absolute Gasteiger partial charge is 0.350 e. The Hall–Kier alpha value is -0.910. The fourth-order valence-corrected chi connectivity index (χ4v) is 2.52. The Balaban J connectivity index is 1.48. The van der Waals surface area contributed by atoms with Gasteiger partial charge >= 0.3 is 0 Å². The van der Waals surface area contributed by atoms with Crippen LogP contribution in [0.2, 0.25) is 0 Å². The summed E-state index contributed by atoms with van der Waals surface area (Å²) in [5.41, 5.74) is 1.13. The van der Waals surface area contributed by atoms with Crippen LogP contribution in [0.5, 0.6) is 0 Å². The number of epoxide rings is 1. The van der Waals surface area contributed by atoms with Crippen LogP contribution in [0.25, 0.3) is 0 Å². The quantitative estimate of drug-likeness (QED) is 0.717. The van der Waals surface area contributed by atoms with Crippen molar-refractivity contribution in [1.82, 2.24) is 14.7 Å². The van der Waals surface area contributed by atoms with Gasteiger partial charge < -0.3 is 14.4 Å². The Morgan fingerprint density at radius 2 is 2.22 bits per heavy atom. The number of likely N-dealkylation sites (tertiary alicyclic amines) is 1. The monoisotopic (exact) mass is 251 g/mol. The molecule has 100 valence electrons. The smallest absolute Gasteiger partial charge is 0.189 e. The van der Waals surface area contributed by atoms with E-state index in [1.165, 1.54) is 25.9 Å². The number of hydrogen-bond donors (Lipinski definition) is 0. The van der Waals surface area contributed by atoms with Crippen molar-refractivity contribution in [2.45, 2.75) is 38.7 Å². The van der Waals surface area contributed by atoms with E-state index in [1.54, 1.807) is 0 Å². The molecule has 2 fully saturated rings. The van der Waals surface area contributed by atoms with E-state index < -0.39 is 0 Å². The van der Waals surface area contributed by atoms with Crippen LogP contribution < -0.4 is 0 Å². The lowest BCUT2D eigenvalue weighted by molar-refractivity contribution is 0.0593. The second-order valence-corrected chi connectivity index (χ2v) is 4.97. The summed E-state index contributed by atoms with van der Waals surface area (Å²) in [5.74, 6) is 0. The first-order valence-corrected chi connectivity index (χ1v) is 6.88. The maximum absolute atomic E-state index is 5.45. The molecule has 3 rings (SSSR count). The molecule has 0 saturated carbocycles. The van der Waals surface area contributed by atoms with Crippen LogP contribution in [0.15, 0.2) is 12.4 Å². The summed E-state index contributed by atoms with van der Waals surface area (Å²) in [7, 11) is 0. The third kappa shape index (κ3) is 2.74. The molecule has 2 saturated heterocycles. The van der Waals surface area contributed by atoms with Crippen molar-refractivity contribution in [2.75, 3.05) is 26.2 Å². The van der Waals surface area contributed by atoms with E-state index in [4.69, 9.17) is 9.47 Å². The van der Waals surface area contributed by atoms with Gasteiger partial charge in [0.1, 0.15) is 6.10 Å². The van der Waals surface area contributed by atoms with Gasteiger partial charge in [-0.05, 0) is 32.9 Å². The molecule has 0 bridgehead atoms. The number of ether oxygens (including phenoxy) is 2. The van der Waals surface area contributed by atoms with Gasteiger partial charge in [0, 0.05) is 24.9 Å². The molecule has 1 aromatic rings. The Morgan fingerprint density at radius 3 is 3.00 bits per heavy atom. The predicted molar refractivity (Wildman–Crippen MR) is 67.1 cm³/mol. The Labute approximate surface area is 108 Å². The summed E-state index contributed by atoms with van der Waals surface area (Å²) in [6.45, 7) is 7.23. The molecular weight excluding hydrogens is 230 g/mol.